The normalized spacial score (nSPS) is 10.9. The van der Waals surface area contributed by atoms with Crippen LogP contribution in [0.15, 0.2) is 29.2 Å². The Labute approximate surface area is 177 Å². The number of pyridine rings is 2. The van der Waals surface area contributed by atoms with Gasteiger partial charge in [0.05, 0.1) is 32.8 Å². The SMILES string of the molecule is CCOC(=O)c1cn(Cc2ccc(OC)cc2OC)c2nc(Cl)c(F)c(C)c2c1=O. The number of carbonyl (C=O) groups is 1. The molecule has 0 aliphatic carbocycles. The molecule has 30 heavy (non-hydrogen) atoms. The summed E-state index contributed by atoms with van der Waals surface area (Å²) in [6, 6.07) is 5.24. The molecule has 0 unspecified atom stereocenters. The quantitative estimate of drug-likeness (QED) is 0.434. The highest BCUT2D eigenvalue weighted by Crippen LogP contribution is 2.28. The molecule has 2 aromatic heterocycles. The smallest absolute Gasteiger partial charge is 0.343 e. The number of hydrogen-bond donors (Lipinski definition) is 0. The molecule has 0 spiro atoms. The minimum absolute atomic E-state index is 0.0107. The van der Waals surface area contributed by atoms with Crippen LogP contribution in [0.4, 0.5) is 4.39 Å². The summed E-state index contributed by atoms with van der Waals surface area (Å²) >= 11 is 5.94. The molecule has 0 fully saturated rings. The summed E-state index contributed by atoms with van der Waals surface area (Å²) in [5.41, 5.74) is -0.00483. The topological polar surface area (TPSA) is 79.7 Å². The maximum atomic E-state index is 14.4. The van der Waals surface area contributed by atoms with E-state index in [1.54, 1.807) is 36.8 Å². The fraction of sp³-hybridized carbons (Fsp3) is 0.286. The first-order chi connectivity index (χ1) is 14.3. The van der Waals surface area contributed by atoms with E-state index in [0.29, 0.717) is 11.5 Å². The van der Waals surface area contributed by atoms with Crippen LogP contribution in [0.3, 0.4) is 0 Å². The van der Waals surface area contributed by atoms with Crippen molar-refractivity contribution in [1.29, 1.82) is 0 Å². The first kappa shape index (κ1) is 21.6. The fourth-order valence-corrected chi connectivity index (χ4v) is 3.38. The van der Waals surface area contributed by atoms with Crippen LogP contribution in [-0.2, 0) is 11.3 Å². The minimum Gasteiger partial charge on any atom is -0.497 e. The molecule has 2 heterocycles. The molecule has 0 N–H and O–H groups in total. The molecule has 0 atom stereocenters. The molecule has 3 aromatic rings. The number of hydrogen-bond acceptors (Lipinski definition) is 6. The zero-order valence-corrected chi connectivity index (χ0v) is 17.7. The number of carbonyl (C=O) groups excluding carboxylic acids is 1. The standard InChI is InChI=1S/C21H20ClFN2O5/c1-5-30-21(27)14-10-25(9-12-6-7-13(28-3)8-15(12)29-4)20-16(18(14)26)11(2)17(23)19(22)24-20/h6-8,10H,5,9H2,1-4H3. The third-order valence-electron chi connectivity index (χ3n) is 4.67. The van der Waals surface area contributed by atoms with Gasteiger partial charge >= 0.3 is 5.97 Å². The van der Waals surface area contributed by atoms with E-state index in [1.165, 1.54) is 20.2 Å². The number of esters is 1. The van der Waals surface area contributed by atoms with Gasteiger partial charge in [-0.25, -0.2) is 14.2 Å². The van der Waals surface area contributed by atoms with E-state index in [-0.39, 0.29) is 40.5 Å². The van der Waals surface area contributed by atoms with Gasteiger partial charge in [0.2, 0.25) is 5.43 Å². The number of aryl methyl sites for hydroxylation is 1. The highest BCUT2D eigenvalue weighted by Gasteiger charge is 2.22. The van der Waals surface area contributed by atoms with E-state index < -0.39 is 17.2 Å². The van der Waals surface area contributed by atoms with Crippen molar-refractivity contribution in [3.63, 3.8) is 0 Å². The molecule has 9 heteroatoms. The molecule has 3 rings (SSSR count). The van der Waals surface area contributed by atoms with Gasteiger partial charge in [-0.1, -0.05) is 11.6 Å². The van der Waals surface area contributed by atoms with Gasteiger partial charge in [0, 0.05) is 23.4 Å². The second-order valence-corrected chi connectivity index (χ2v) is 6.80. The minimum atomic E-state index is -0.809. The molecule has 0 aliphatic heterocycles. The van der Waals surface area contributed by atoms with Crippen LogP contribution < -0.4 is 14.9 Å². The van der Waals surface area contributed by atoms with Crippen molar-refractivity contribution in [2.24, 2.45) is 0 Å². The number of ether oxygens (including phenoxy) is 3. The Morgan fingerprint density at radius 3 is 2.63 bits per heavy atom. The predicted octanol–water partition coefficient (Wildman–Crippen LogP) is 3.74. The highest BCUT2D eigenvalue weighted by molar-refractivity contribution is 6.30. The molecule has 0 saturated carbocycles. The molecule has 0 amide bonds. The molecule has 158 valence electrons. The Hall–Kier alpha value is -3.13. The van der Waals surface area contributed by atoms with E-state index >= 15 is 0 Å². The number of methoxy groups -OCH3 is 2. The summed E-state index contributed by atoms with van der Waals surface area (Å²) in [6.07, 6.45) is 1.34. The number of benzene rings is 1. The zero-order valence-electron chi connectivity index (χ0n) is 16.9. The van der Waals surface area contributed by atoms with Crippen LogP contribution in [0.5, 0.6) is 11.5 Å². The predicted molar refractivity (Wildman–Crippen MR) is 110 cm³/mol. The van der Waals surface area contributed by atoms with Crippen molar-refractivity contribution in [3.05, 3.63) is 62.3 Å². The molecule has 0 radical (unpaired) electrons. The van der Waals surface area contributed by atoms with Gasteiger partial charge in [0.15, 0.2) is 11.0 Å². The molecule has 7 nitrogen and oxygen atoms in total. The van der Waals surface area contributed by atoms with Gasteiger partial charge in [-0.3, -0.25) is 4.79 Å². The van der Waals surface area contributed by atoms with Crippen molar-refractivity contribution in [2.45, 2.75) is 20.4 Å². The molecule has 1 aromatic carbocycles. The van der Waals surface area contributed by atoms with Gasteiger partial charge in [-0.05, 0) is 26.0 Å². The lowest BCUT2D eigenvalue weighted by Crippen LogP contribution is -2.23. The lowest BCUT2D eigenvalue weighted by Gasteiger charge is -2.16. The van der Waals surface area contributed by atoms with E-state index in [9.17, 15) is 14.0 Å². The van der Waals surface area contributed by atoms with Crippen LogP contribution in [0.25, 0.3) is 11.0 Å². The maximum absolute atomic E-state index is 14.4. The van der Waals surface area contributed by atoms with Crippen molar-refractivity contribution >= 4 is 28.6 Å². The first-order valence-corrected chi connectivity index (χ1v) is 9.46. The lowest BCUT2D eigenvalue weighted by molar-refractivity contribution is 0.0524. The van der Waals surface area contributed by atoms with Crippen LogP contribution in [0.1, 0.15) is 28.4 Å². The Bertz CT molecular complexity index is 1190. The Morgan fingerprint density at radius 1 is 1.27 bits per heavy atom. The Balaban J connectivity index is 2.29. The molecular formula is C21H20ClFN2O5. The van der Waals surface area contributed by atoms with Gasteiger partial charge in [0.25, 0.3) is 0 Å². The summed E-state index contributed by atoms with van der Waals surface area (Å²) in [7, 11) is 3.05. The summed E-state index contributed by atoms with van der Waals surface area (Å²) in [6.45, 7) is 3.31. The molecule has 0 bridgehead atoms. The highest BCUT2D eigenvalue weighted by atomic mass is 35.5. The number of nitrogens with zero attached hydrogens (tertiary/aromatic N) is 2. The van der Waals surface area contributed by atoms with Crippen LogP contribution in [0.2, 0.25) is 5.15 Å². The van der Waals surface area contributed by atoms with Gasteiger partial charge in [-0.2, -0.15) is 0 Å². The number of fused-ring (bicyclic) bond motifs is 1. The van der Waals surface area contributed by atoms with Crippen molar-refractivity contribution < 1.29 is 23.4 Å². The van der Waals surface area contributed by atoms with Crippen molar-refractivity contribution in [3.8, 4) is 11.5 Å². The van der Waals surface area contributed by atoms with Crippen LogP contribution in [0, 0.1) is 12.7 Å². The summed E-state index contributed by atoms with van der Waals surface area (Å²) in [5.74, 6) is -0.471. The third-order valence-corrected chi connectivity index (χ3v) is 4.92. The van der Waals surface area contributed by atoms with E-state index in [1.807, 2.05) is 0 Å². The summed E-state index contributed by atoms with van der Waals surface area (Å²) < 4.78 is 31.6. The van der Waals surface area contributed by atoms with Crippen molar-refractivity contribution in [2.75, 3.05) is 20.8 Å². The number of halogens is 2. The Morgan fingerprint density at radius 2 is 2.00 bits per heavy atom. The van der Waals surface area contributed by atoms with Gasteiger partial charge < -0.3 is 18.8 Å². The zero-order chi connectivity index (χ0) is 22.0. The first-order valence-electron chi connectivity index (χ1n) is 9.09. The fourth-order valence-electron chi connectivity index (χ4n) is 3.16. The van der Waals surface area contributed by atoms with E-state index in [0.717, 1.165) is 5.56 Å². The second kappa shape index (κ2) is 8.71. The summed E-state index contributed by atoms with van der Waals surface area (Å²) in [4.78, 5) is 29.4. The number of rotatable bonds is 6. The largest absolute Gasteiger partial charge is 0.497 e. The monoisotopic (exact) mass is 434 g/mol. The Kier molecular flexibility index (Phi) is 6.26. The molecule has 0 aliphatic rings. The molecular weight excluding hydrogens is 415 g/mol. The van der Waals surface area contributed by atoms with Crippen LogP contribution >= 0.6 is 11.6 Å². The molecule has 0 saturated heterocycles. The van der Waals surface area contributed by atoms with E-state index in [4.69, 9.17) is 25.8 Å². The van der Waals surface area contributed by atoms with Gasteiger partial charge in [0.1, 0.15) is 22.7 Å². The average Bonchev–Trinajstić information content (AvgIpc) is 2.74. The van der Waals surface area contributed by atoms with Gasteiger partial charge in [-0.15, -0.1) is 0 Å². The van der Waals surface area contributed by atoms with E-state index in [2.05, 4.69) is 4.98 Å². The number of aromatic nitrogens is 2. The summed E-state index contributed by atoms with van der Waals surface area (Å²) in [5, 5.41) is -0.395. The third kappa shape index (κ3) is 3.82. The maximum Gasteiger partial charge on any atom is 0.343 e. The van der Waals surface area contributed by atoms with Crippen LogP contribution in [-0.4, -0.2) is 36.3 Å². The second-order valence-electron chi connectivity index (χ2n) is 6.44. The lowest BCUT2D eigenvalue weighted by atomic mass is 10.1. The average molecular weight is 435 g/mol. The van der Waals surface area contributed by atoms with Crippen molar-refractivity contribution in [1.82, 2.24) is 9.55 Å².